The zero-order chi connectivity index (χ0) is 18.5. The van der Waals surface area contributed by atoms with Crippen LogP contribution < -0.4 is 0 Å². The summed E-state index contributed by atoms with van der Waals surface area (Å²) in [6.45, 7) is -0.196. The summed E-state index contributed by atoms with van der Waals surface area (Å²) in [7, 11) is 0. The number of benzene rings is 2. The maximum absolute atomic E-state index is 12.1. The lowest BCUT2D eigenvalue weighted by molar-refractivity contribution is -0.385. The number of nitro benzene ring substituents is 1. The molecule has 0 atom stereocenters. The van der Waals surface area contributed by atoms with Gasteiger partial charge in [-0.3, -0.25) is 14.9 Å². The van der Waals surface area contributed by atoms with Crippen molar-refractivity contribution >= 4 is 17.9 Å². The van der Waals surface area contributed by atoms with Gasteiger partial charge in [-0.2, -0.15) is 0 Å². The predicted octanol–water partition coefficient (Wildman–Crippen LogP) is 4.02. The summed E-state index contributed by atoms with van der Waals surface area (Å²) in [5.74, 6) is 0.127. The molecular weight excluding hydrogens is 338 g/mol. The molecule has 0 aliphatic heterocycles. The quantitative estimate of drug-likeness (QED) is 0.288. The fourth-order valence-corrected chi connectivity index (χ4v) is 2.38. The van der Waals surface area contributed by atoms with Crippen molar-refractivity contribution in [3.05, 3.63) is 87.7 Å². The molecule has 7 heteroatoms. The fraction of sp³-hybridized carbons (Fsp3) is 0.0526. The molecule has 1 aromatic heterocycles. The molecule has 0 saturated carbocycles. The topological polar surface area (TPSA) is 99.7 Å². The summed E-state index contributed by atoms with van der Waals surface area (Å²) in [5, 5.41) is 11.0. The number of aldehydes is 1. The van der Waals surface area contributed by atoms with Crippen LogP contribution in [0, 0.1) is 10.1 Å². The van der Waals surface area contributed by atoms with Crippen molar-refractivity contribution in [2.75, 3.05) is 0 Å². The van der Waals surface area contributed by atoms with E-state index in [1.54, 1.807) is 48.5 Å². The zero-order valence-electron chi connectivity index (χ0n) is 13.5. The standard InChI is InChI=1S/C19H13NO6/c21-11-16-9-10-18(26-16)13-5-7-14(8-6-13)19(22)25-12-15-3-1-2-4-17(15)20(23)24/h1-11H,12H2. The Morgan fingerprint density at radius 2 is 1.81 bits per heavy atom. The molecule has 3 rings (SSSR count). The highest BCUT2D eigenvalue weighted by molar-refractivity contribution is 5.90. The van der Waals surface area contributed by atoms with E-state index in [2.05, 4.69) is 0 Å². The number of para-hydroxylation sites is 1. The highest BCUT2D eigenvalue weighted by Crippen LogP contribution is 2.23. The second-order valence-corrected chi connectivity index (χ2v) is 5.36. The number of carbonyl (C=O) groups is 2. The third-order valence-electron chi connectivity index (χ3n) is 3.70. The van der Waals surface area contributed by atoms with Crippen LogP contribution in [0.15, 0.2) is 65.1 Å². The first-order chi connectivity index (χ1) is 12.6. The van der Waals surface area contributed by atoms with Crippen molar-refractivity contribution in [1.82, 2.24) is 0 Å². The minimum absolute atomic E-state index is 0.0977. The first-order valence-electron chi connectivity index (χ1n) is 7.63. The molecule has 3 aromatic rings. The Labute approximate surface area is 148 Å². The molecule has 0 saturated heterocycles. The van der Waals surface area contributed by atoms with Crippen molar-refractivity contribution in [3.8, 4) is 11.3 Å². The fourth-order valence-electron chi connectivity index (χ4n) is 2.38. The summed E-state index contributed by atoms with van der Waals surface area (Å²) in [5.41, 5.74) is 1.22. The van der Waals surface area contributed by atoms with Gasteiger partial charge in [0.15, 0.2) is 12.0 Å². The number of carbonyl (C=O) groups excluding carboxylic acids is 2. The maximum atomic E-state index is 12.1. The van der Waals surface area contributed by atoms with E-state index in [0.717, 1.165) is 0 Å². The van der Waals surface area contributed by atoms with Gasteiger partial charge in [0.2, 0.25) is 0 Å². The molecule has 2 aromatic carbocycles. The van der Waals surface area contributed by atoms with E-state index in [1.807, 2.05) is 0 Å². The molecule has 130 valence electrons. The molecule has 0 amide bonds. The van der Waals surface area contributed by atoms with Crippen LogP contribution in [0.5, 0.6) is 0 Å². The van der Waals surface area contributed by atoms with Crippen LogP contribution in [-0.2, 0) is 11.3 Å². The van der Waals surface area contributed by atoms with Crippen LogP contribution in [0.1, 0.15) is 26.5 Å². The van der Waals surface area contributed by atoms with Crippen molar-refractivity contribution in [3.63, 3.8) is 0 Å². The number of hydrogen-bond donors (Lipinski definition) is 0. The van der Waals surface area contributed by atoms with E-state index >= 15 is 0 Å². The Balaban J connectivity index is 1.69. The van der Waals surface area contributed by atoms with Gasteiger partial charge in [0.25, 0.3) is 5.69 Å². The van der Waals surface area contributed by atoms with E-state index < -0.39 is 10.9 Å². The van der Waals surface area contributed by atoms with Crippen LogP contribution in [0.2, 0.25) is 0 Å². The maximum Gasteiger partial charge on any atom is 0.338 e. The van der Waals surface area contributed by atoms with Gasteiger partial charge in [0.05, 0.1) is 16.1 Å². The number of esters is 1. The van der Waals surface area contributed by atoms with Gasteiger partial charge in [0.1, 0.15) is 12.4 Å². The van der Waals surface area contributed by atoms with Gasteiger partial charge >= 0.3 is 5.97 Å². The van der Waals surface area contributed by atoms with Crippen LogP contribution in [0.3, 0.4) is 0 Å². The molecule has 1 heterocycles. The summed E-state index contributed by atoms with van der Waals surface area (Å²) in [4.78, 5) is 33.2. The molecule has 7 nitrogen and oxygen atoms in total. The molecule has 0 unspecified atom stereocenters. The third kappa shape index (κ3) is 3.67. The average Bonchev–Trinajstić information content (AvgIpc) is 3.15. The number of ether oxygens (including phenoxy) is 1. The highest BCUT2D eigenvalue weighted by Gasteiger charge is 2.15. The van der Waals surface area contributed by atoms with E-state index in [9.17, 15) is 19.7 Å². The van der Waals surface area contributed by atoms with Crippen molar-refractivity contribution < 1.29 is 23.7 Å². The van der Waals surface area contributed by atoms with Crippen LogP contribution in [0.4, 0.5) is 5.69 Å². The molecule has 0 N–H and O–H groups in total. The minimum atomic E-state index is -0.595. The van der Waals surface area contributed by atoms with Crippen molar-refractivity contribution in [1.29, 1.82) is 0 Å². The van der Waals surface area contributed by atoms with E-state index in [4.69, 9.17) is 9.15 Å². The molecule has 26 heavy (non-hydrogen) atoms. The summed E-state index contributed by atoms with van der Waals surface area (Å²) in [6.07, 6.45) is 0.609. The molecular formula is C19H13NO6. The number of nitro groups is 1. The Morgan fingerprint density at radius 1 is 1.08 bits per heavy atom. The average molecular weight is 351 g/mol. The second kappa shape index (κ2) is 7.43. The predicted molar refractivity (Wildman–Crippen MR) is 91.7 cm³/mol. The highest BCUT2D eigenvalue weighted by atomic mass is 16.6. The lowest BCUT2D eigenvalue weighted by atomic mass is 10.1. The van der Waals surface area contributed by atoms with E-state index in [-0.39, 0.29) is 18.1 Å². The number of furan rings is 1. The normalized spacial score (nSPS) is 10.3. The van der Waals surface area contributed by atoms with Gasteiger partial charge < -0.3 is 9.15 Å². The summed E-state index contributed by atoms with van der Waals surface area (Å²) in [6, 6.07) is 15.7. The summed E-state index contributed by atoms with van der Waals surface area (Å²) >= 11 is 0. The lowest BCUT2D eigenvalue weighted by Crippen LogP contribution is -2.06. The Hall–Kier alpha value is -3.74. The van der Waals surface area contributed by atoms with Gasteiger partial charge in [-0.1, -0.05) is 24.3 Å². The smallest absolute Gasteiger partial charge is 0.338 e. The van der Waals surface area contributed by atoms with Gasteiger partial charge in [0, 0.05) is 11.6 Å². The van der Waals surface area contributed by atoms with Crippen molar-refractivity contribution in [2.24, 2.45) is 0 Å². The van der Waals surface area contributed by atoms with Crippen LogP contribution >= 0.6 is 0 Å². The molecule has 0 bridgehead atoms. The Kier molecular flexibility index (Phi) is 4.89. The first kappa shape index (κ1) is 17.1. The molecule has 0 aliphatic carbocycles. The molecule has 0 spiro atoms. The number of hydrogen-bond acceptors (Lipinski definition) is 6. The molecule has 0 radical (unpaired) electrons. The molecule has 0 aliphatic rings. The second-order valence-electron chi connectivity index (χ2n) is 5.36. The monoisotopic (exact) mass is 351 g/mol. The van der Waals surface area contributed by atoms with Crippen LogP contribution in [0.25, 0.3) is 11.3 Å². The van der Waals surface area contributed by atoms with Crippen molar-refractivity contribution in [2.45, 2.75) is 6.61 Å². The largest absolute Gasteiger partial charge is 0.457 e. The Bertz CT molecular complexity index is 958. The number of nitrogens with zero attached hydrogens (tertiary/aromatic N) is 1. The lowest BCUT2D eigenvalue weighted by Gasteiger charge is -2.06. The van der Waals surface area contributed by atoms with E-state index in [0.29, 0.717) is 28.7 Å². The number of rotatable bonds is 6. The first-order valence-corrected chi connectivity index (χ1v) is 7.63. The van der Waals surface area contributed by atoms with Crippen LogP contribution in [-0.4, -0.2) is 17.2 Å². The molecule has 0 fully saturated rings. The summed E-state index contributed by atoms with van der Waals surface area (Å²) < 4.78 is 10.5. The van der Waals surface area contributed by atoms with E-state index in [1.165, 1.54) is 12.1 Å². The minimum Gasteiger partial charge on any atom is -0.457 e. The van der Waals surface area contributed by atoms with Gasteiger partial charge in [-0.15, -0.1) is 0 Å². The zero-order valence-corrected chi connectivity index (χ0v) is 13.5. The Morgan fingerprint density at radius 3 is 2.46 bits per heavy atom. The van der Waals surface area contributed by atoms with Gasteiger partial charge in [-0.05, 0) is 30.3 Å². The third-order valence-corrected chi connectivity index (χ3v) is 3.70. The van der Waals surface area contributed by atoms with Gasteiger partial charge in [-0.25, -0.2) is 4.79 Å². The SMILES string of the molecule is O=Cc1ccc(-c2ccc(C(=O)OCc3ccccc3[N+](=O)[O-])cc2)o1.